The van der Waals surface area contributed by atoms with Crippen LogP contribution in [0.25, 0.3) is 0 Å². The second kappa shape index (κ2) is 7.81. The number of hydrogen-bond acceptors (Lipinski definition) is 8. The van der Waals surface area contributed by atoms with Gasteiger partial charge in [0.15, 0.2) is 23.1 Å². The predicted molar refractivity (Wildman–Crippen MR) is 133 cm³/mol. The van der Waals surface area contributed by atoms with Crippen molar-refractivity contribution in [2.45, 2.75) is 36.5 Å². The quantitative estimate of drug-likeness (QED) is 0.419. The molecular weight excluding hydrogens is 470 g/mol. The first-order valence-corrected chi connectivity index (χ1v) is 12.5. The topological polar surface area (TPSA) is 113 Å². The van der Waals surface area contributed by atoms with E-state index in [0.29, 0.717) is 24.0 Å². The third-order valence-electron chi connectivity index (χ3n) is 8.74. The van der Waals surface area contributed by atoms with E-state index in [9.17, 15) is 19.8 Å². The smallest absolute Gasteiger partial charge is 0.199 e. The van der Waals surface area contributed by atoms with Crippen LogP contribution in [-0.2, 0) is 11.8 Å². The monoisotopic (exact) mass is 495 g/mol. The fourth-order valence-electron chi connectivity index (χ4n) is 7.14. The Morgan fingerprint density at radius 3 is 2.38 bits per heavy atom. The second-order valence-electron chi connectivity index (χ2n) is 10.4. The van der Waals surface area contributed by atoms with Gasteiger partial charge < -0.3 is 19.8 Å². The highest BCUT2D eigenvalue weighted by atomic mass is 16.5. The van der Waals surface area contributed by atoms with Crippen molar-refractivity contribution < 1.29 is 24.5 Å². The molecule has 1 aromatic carbocycles. The summed E-state index contributed by atoms with van der Waals surface area (Å²) in [5.74, 6) is -0.974. The van der Waals surface area contributed by atoms with Crippen molar-refractivity contribution in [3.8, 4) is 11.5 Å². The number of nitrogens with zero attached hydrogens (tertiary/aromatic N) is 3. The number of ketones is 2. The van der Waals surface area contributed by atoms with E-state index < -0.39 is 23.4 Å². The summed E-state index contributed by atoms with van der Waals surface area (Å²) < 4.78 is 6.36. The lowest BCUT2D eigenvalue weighted by molar-refractivity contribution is -0.0453. The molecule has 1 fully saturated rings. The van der Waals surface area contributed by atoms with Gasteiger partial charge in [-0.05, 0) is 56.3 Å². The Hall–Kier alpha value is -3.88. The molecule has 8 heteroatoms. The van der Waals surface area contributed by atoms with Crippen LogP contribution in [0.3, 0.4) is 0 Å². The van der Waals surface area contributed by atoms with Crippen molar-refractivity contribution in [2.75, 3.05) is 13.6 Å². The lowest BCUT2D eigenvalue weighted by atomic mass is 9.52. The minimum atomic E-state index is -0.868. The van der Waals surface area contributed by atoms with Crippen LogP contribution in [0.15, 0.2) is 61.2 Å². The summed E-state index contributed by atoms with van der Waals surface area (Å²) in [6, 6.07) is 6.63. The third kappa shape index (κ3) is 2.85. The molecular formula is C29H25N3O5. The maximum atomic E-state index is 14.1. The van der Waals surface area contributed by atoms with Crippen molar-refractivity contribution >= 4 is 11.6 Å². The van der Waals surface area contributed by atoms with E-state index in [2.05, 4.69) is 28.0 Å². The summed E-state index contributed by atoms with van der Waals surface area (Å²) >= 11 is 0. The Morgan fingerprint density at radius 1 is 1.05 bits per heavy atom. The van der Waals surface area contributed by atoms with Gasteiger partial charge in [0, 0.05) is 64.4 Å². The molecule has 8 nitrogen and oxygen atoms in total. The first-order chi connectivity index (χ1) is 17.9. The average molecular weight is 496 g/mol. The number of ether oxygens (including phenoxy) is 1. The van der Waals surface area contributed by atoms with E-state index >= 15 is 0 Å². The molecule has 186 valence electrons. The number of pyridine rings is 2. The summed E-state index contributed by atoms with van der Waals surface area (Å²) in [6.07, 6.45) is 9.61. The highest BCUT2D eigenvalue weighted by Gasteiger charge is 2.65. The largest absolute Gasteiger partial charge is 0.504 e. The van der Waals surface area contributed by atoms with E-state index in [1.54, 1.807) is 42.7 Å². The van der Waals surface area contributed by atoms with Crippen LogP contribution < -0.4 is 4.74 Å². The molecule has 2 aromatic heterocycles. The zero-order valence-electron chi connectivity index (χ0n) is 20.2. The normalized spacial score (nSPS) is 28.9. The van der Waals surface area contributed by atoms with Crippen molar-refractivity contribution in [3.05, 3.63) is 94.6 Å². The van der Waals surface area contributed by atoms with Gasteiger partial charge >= 0.3 is 0 Å². The molecule has 5 atom stereocenters. The number of aliphatic hydroxyl groups excluding tert-OH is 1. The average Bonchev–Trinajstić information content (AvgIpc) is 3.28. The van der Waals surface area contributed by atoms with Crippen molar-refractivity contribution in [1.29, 1.82) is 0 Å². The molecule has 1 saturated heterocycles. The zero-order chi connectivity index (χ0) is 25.5. The van der Waals surface area contributed by atoms with Crippen LogP contribution >= 0.6 is 0 Å². The highest BCUT2D eigenvalue weighted by Crippen LogP contribution is 2.64. The first kappa shape index (κ1) is 22.3. The molecule has 1 spiro atoms. The molecule has 2 N–H and O–H groups in total. The first-order valence-electron chi connectivity index (χ1n) is 12.5. The molecule has 0 saturated carbocycles. The van der Waals surface area contributed by atoms with E-state index in [1.165, 1.54) is 12.4 Å². The molecule has 7 rings (SSSR count). The maximum Gasteiger partial charge on any atom is 0.199 e. The van der Waals surface area contributed by atoms with Crippen LogP contribution in [0.1, 0.15) is 49.4 Å². The van der Waals surface area contributed by atoms with Gasteiger partial charge in [-0.3, -0.25) is 19.6 Å². The van der Waals surface area contributed by atoms with Gasteiger partial charge in [0.2, 0.25) is 0 Å². The number of benzene rings is 1. The summed E-state index contributed by atoms with van der Waals surface area (Å²) in [4.78, 5) is 38.5. The summed E-state index contributed by atoms with van der Waals surface area (Å²) in [5, 5.41) is 22.7. The van der Waals surface area contributed by atoms with Gasteiger partial charge in [-0.15, -0.1) is 0 Å². The molecule has 4 heterocycles. The number of aliphatic hydroxyl groups is 1. The zero-order valence-corrected chi connectivity index (χ0v) is 20.2. The minimum Gasteiger partial charge on any atom is -0.504 e. The van der Waals surface area contributed by atoms with Gasteiger partial charge in [0.05, 0.1) is 5.56 Å². The highest BCUT2D eigenvalue weighted by molar-refractivity contribution is 6.22. The Kier molecular flexibility index (Phi) is 4.71. The molecule has 0 radical (unpaired) electrons. The summed E-state index contributed by atoms with van der Waals surface area (Å²) in [7, 11) is 2.07. The van der Waals surface area contributed by atoms with Gasteiger partial charge in [0.25, 0.3) is 0 Å². The van der Waals surface area contributed by atoms with Crippen LogP contribution in [-0.4, -0.2) is 68.5 Å². The number of hydrogen-bond donors (Lipinski definition) is 2. The maximum absolute atomic E-state index is 14.1. The summed E-state index contributed by atoms with van der Waals surface area (Å²) in [5.41, 5.74) is 1.57. The van der Waals surface area contributed by atoms with E-state index in [0.717, 1.165) is 12.1 Å². The standard InChI is InChI=1S/C29H25N3O5/c1-32-11-8-29-18-6-7-20(33)28(29)37-27-23(29)17(12-19(18)32)21(24(34)15-4-2-9-30-13-15)22(26(27)36)25(35)16-5-3-10-31-14-16/h2-7,9-10,13-14,18-20,28,33,36H,8,11-12H2,1H3/t18-,19+,20-,28-,29-/m0/s1. The Balaban J connectivity index is 1.56. The van der Waals surface area contributed by atoms with Crippen LogP contribution in [0.2, 0.25) is 0 Å². The number of piperidine rings is 1. The Bertz CT molecular complexity index is 1490. The van der Waals surface area contributed by atoms with Gasteiger partial charge in [-0.1, -0.05) is 12.2 Å². The fourth-order valence-corrected chi connectivity index (χ4v) is 7.14. The van der Waals surface area contributed by atoms with Gasteiger partial charge in [-0.25, -0.2) is 0 Å². The van der Waals surface area contributed by atoms with Crippen molar-refractivity contribution in [2.24, 2.45) is 5.92 Å². The minimum absolute atomic E-state index is 0.0494. The molecule has 3 aromatic rings. The number of carbonyl (C=O) groups excluding carboxylic acids is 2. The van der Waals surface area contributed by atoms with Crippen molar-refractivity contribution in [1.82, 2.24) is 14.9 Å². The lowest BCUT2D eigenvalue weighted by Gasteiger charge is -2.56. The SMILES string of the molecule is CN1CC[C@]23c4c5c(C(=O)c6cccnc6)c(C(=O)c6cccnc6)c(O)c4O[C@H]2[C@@H](O)C=C[C@H]3[C@H]1C5. The molecule has 37 heavy (non-hydrogen) atoms. The van der Waals surface area contributed by atoms with Gasteiger partial charge in [-0.2, -0.15) is 0 Å². The van der Waals surface area contributed by atoms with Gasteiger partial charge in [0.1, 0.15) is 12.2 Å². The number of carbonyl (C=O) groups is 2. The number of likely N-dealkylation sites (tertiary alicyclic amines) is 1. The number of likely N-dealkylation sites (N-methyl/N-ethyl adjacent to an activating group) is 1. The predicted octanol–water partition coefficient (Wildman–Crippen LogP) is 2.45. The number of phenolic OH excluding ortho intramolecular Hbond substituents is 1. The van der Waals surface area contributed by atoms with Crippen LogP contribution in [0, 0.1) is 5.92 Å². The number of phenols is 1. The molecule has 2 aliphatic carbocycles. The molecule has 0 amide bonds. The van der Waals surface area contributed by atoms with Crippen molar-refractivity contribution in [3.63, 3.8) is 0 Å². The van der Waals surface area contributed by atoms with E-state index in [1.807, 2.05) is 0 Å². The number of aromatic hydroxyl groups is 1. The Morgan fingerprint density at radius 2 is 1.73 bits per heavy atom. The molecule has 2 aliphatic heterocycles. The number of aromatic nitrogens is 2. The molecule has 0 unspecified atom stereocenters. The number of rotatable bonds is 4. The third-order valence-corrected chi connectivity index (χ3v) is 8.74. The molecule has 2 bridgehead atoms. The van der Waals surface area contributed by atoms with E-state index in [4.69, 9.17) is 4.74 Å². The molecule has 4 aliphatic rings. The lowest BCUT2D eigenvalue weighted by Crippen LogP contribution is -2.65. The fraction of sp³-hybridized carbons (Fsp3) is 0.310. The van der Waals surface area contributed by atoms with Crippen LogP contribution in [0.5, 0.6) is 11.5 Å². The Labute approximate surface area is 213 Å². The second-order valence-corrected chi connectivity index (χ2v) is 10.4. The van der Waals surface area contributed by atoms with E-state index in [-0.39, 0.29) is 45.9 Å². The van der Waals surface area contributed by atoms with Crippen LogP contribution in [0.4, 0.5) is 0 Å². The summed E-state index contributed by atoms with van der Waals surface area (Å²) in [6.45, 7) is 0.795.